The second-order valence-electron chi connectivity index (χ2n) is 6.97. The van der Waals surface area contributed by atoms with Crippen LogP contribution in [0.15, 0.2) is 23.2 Å². The van der Waals surface area contributed by atoms with Gasteiger partial charge in [-0.05, 0) is 50.5 Å². The Hall–Kier alpha value is -2.30. The van der Waals surface area contributed by atoms with Crippen LogP contribution in [0.25, 0.3) is 0 Å². The minimum Gasteiger partial charge on any atom is -0.496 e. The van der Waals surface area contributed by atoms with Crippen molar-refractivity contribution >= 4 is 35.9 Å². The number of nitrogens with one attached hydrogen (secondary N) is 2. The number of carbonyl (C=O) groups excluding carboxylic acids is 1. The lowest BCUT2D eigenvalue weighted by atomic mass is 10.1. The fourth-order valence-electron chi connectivity index (χ4n) is 3.22. The molecule has 2 rings (SSSR count). The van der Waals surface area contributed by atoms with E-state index >= 15 is 0 Å². The van der Waals surface area contributed by atoms with Gasteiger partial charge in [-0.2, -0.15) is 5.10 Å². The molecule has 0 bridgehead atoms. The first-order chi connectivity index (χ1) is 13.8. The van der Waals surface area contributed by atoms with E-state index in [1.54, 1.807) is 19.2 Å². The van der Waals surface area contributed by atoms with Gasteiger partial charge in [-0.3, -0.25) is 9.67 Å². The number of carbonyl (C=O) groups is 1. The third-order valence-corrected chi connectivity index (χ3v) is 4.91. The fourth-order valence-corrected chi connectivity index (χ4v) is 3.22. The Labute approximate surface area is 195 Å². The van der Waals surface area contributed by atoms with Crippen LogP contribution in [-0.2, 0) is 24.8 Å². The van der Waals surface area contributed by atoms with Crippen LogP contribution >= 0.6 is 24.0 Å². The summed E-state index contributed by atoms with van der Waals surface area (Å²) in [6.45, 7) is 6.73. The molecule has 0 spiro atoms. The lowest BCUT2D eigenvalue weighted by molar-refractivity contribution is 0.0597. The molecule has 0 aliphatic rings. The second kappa shape index (κ2) is 11.8. The van der Waals surface area contributed by atoms with E-state index in [0.717, 1.165) is 17.7 Å². The monoisotopic (exact) mass is 529 g/mol. The van der Waals surface area contributed by atoms with Crippen molar-refractivity contribution < 1.29 is 14.3 Å². The molecule has 2 aromatic rings. The number of benzene rings is 1. The average molecular weight is 529 g/mol. The number of rotatable bonds is 7. The smallest absolute Gasteiger partial charge is 0.341 e. The van der Waals surface area contributed by atoms with Crippen molar-refractivity contribution in [3.8, 4) is 5.75 Å². The van der Waals surface area contributed by atoms with Gasteiger partial charge in [0.25, 0.3) is 0 Å². The molecule has 0 saturated heterocycles. The average Bonchev–Trinajstić information content (AvgIpc) is 2.96. The van der Waals surface area contributed by atoms with Crippen molar-refractivity contribution in [3.05, 3.63) is 46.3 Å². The molecule has 1 heterocycles. The molecular formula is C21H32IN5O3. The van der Waals surface area contributed by atoms with Gasteiger partial charge in [0.15, 0.2) is 5.96 Å². The molecule has 166 valence electrons. The summed E-state index contributed by atoms with van der Waals surface area (Å²) in [5.41, 5.74) is 4.79. The van der Waals surface area contributed by atoms with Crippen molar-refractivity contribution in [3.63, 3.8) is 0 Å². The summed E-state index contributed by atoms with van der Waals surface area (Å²) in [5.74, 6) is 0.744. The largest absolute Gasteiger partial charge is 0.496 e. The van der Waals surface area contributed by atoms with Crippen LogP contribution in [0.3, 0.4) is 0 Å². The van der Waals surface area contributed by atoms with Crippen molar-refractivity contribution in [2.24, 2.45) is 12.0 Å². The van der Waals surface area contributed by atoms with Gasteiger partial charge >= 0.3 is 5.97 Å². The van der Waals surface area contributed by atoms with Crippen molar-refractivity contribution in [2.75, 3.05) is 21.3 Å². The number of aryl methyl sites for hydroxylation is 2. The highest BCUT2D eigenvalue weighted by molar-refractivity contribution is 14.0. The van der Waals surface area contributed by atoms with Gasteiger partial charge in [-0.25, -0.2) is 4.79 Å². The zero-order valence-corrected chi connectivity index (χ0v) is 21.0. The number of aromatic nitrogens is 2. The van der Waals surface area contributed by atoms with Crippen LogP contribution < -0.4 is 15.4 Å². The molecule has 1 atom stereocenters. The maximum absolute atomic E-state index is 11.9. The van der Waals surface area contributed by atoms with E-state index in [0.29, 0.717) is 23.8 Å². The van der Waals surface area contributed by atoms with Crippen molar-refractivity contribution in [1.82, 2.24) is 20.4 Å². The number of hydrogen-bond acceptors (Lipinski definition) is 5. The van der Waals surface area contributed by atoms with Gasteiger partial charge < -0.3 is 20.1 Å². The maximum Gasteiger partial charge on any atom is 0.341 e. The predicted molar refractivity (Wildman–Crippen MR) is 129 cm³/mol. The summed E-state index contributed by atoms with van der Waals surface area (Å²) in [6, 6.07) is 5.59. The molecule has 0 aliphatic carbocycles. The van der Waals surface area contributed by atoms with Crippen LogP contribution in [0.1, 0.15) is 39.8 Å². The number of halogens is 1. The Kier molecular flexibility index (Phi) is 10.1. The first kappa shape index (κ1) is 25.7. The van der Waals surface area contributed by atoms with Crippen LogP contribution in [-0.4, -0.2) is 49.0 Å². The Bertz CT molecular complexity index is 895. The van der Waals surface area contributed by atoms with E-state index in [2.05, 4.69) is 34.6 Å². The number of ether oxygens (including phenoxy) is 2. The molecule has 1 aromatic heterocycles. The van der Waals surface area contributed by atoms with E-state index in [-0.39, 0.29) is 30.0 Å². The first-order valence-corrected chi connectivity index (χ1v) is 9.52. The van der Waals surface area contributed by atoms with E-state index < -0.39 is 5.97 Å². The second-order valence-corrected chi connectivity index (χ2v) is 6.97. The van der Waals surface area contributed by atoms with Crippen LogP contribution in [0.4, 0.5) is 0 Å². The van der Waals surface area contributed by atoms with Gasteiger partial charge in [-0.1, -0.05) is 6.07 Å². The van der Waals surface area contributed by atoms with Gasteiger partial charge in [0.2, 0.25) is 0 Å². The number of hydrogen-bond donors (Lipinski definition) is 2. The number of nitrogens with zero attached hydrogens (tertiary/aromatic N) is 3. The minimum atomic E-state index is -0.429. The first-order valence-electron chi connectivity index (χ1n) is 9.52. The highest BCUT2D eigenvalue weighted by Gasteiger charge is 2.15. The molecule has 2 N–H and O–H groups in total. The molecule has 0 amide bonds. The van der Waals surface area contributed by atoms with Crippen molar-refractivity contribution in [1.29, 1.82) is 0 Å². The number of esters is 1. The molecule has 8 nitrogen and oxygen atoms in total. The summed E-state index contributed by atoms with van der Waals surface area (Å²) < 4.78 is 12.0. The molecule has 9 heteroatoms. The van der Waals surface area contributed by atoms with E-state index in [4.69, 9.17) is 9.47 Å². The summed E-state index contributed by atoms with van der Waals surface area (Å²) in [4.78, 5) is 16.2. The van der Waals surface area contributed by atoms with Crippen LogP contribution in [0.2, 0.25) is 0 Å². The van der Waals surface area contributed by atoms with Gasteiger partial charge in [0.05, 0.1) is 19.9 Å². The summed E-state index contributed by atoms with van der Waals surface area (Å²) in [7, 11) is 6.57. The summed E-state index contributed by atoms with van der Waals surface area (Å²) >= 11 is 0. The van der Waals surface area contributed by atoms with Crippen LogP contribution in [0.5, 0.6) is 5.75 Å². The van der Waals surface area contributed by atoms with E-state index in [1.165, 1.54) is 25.5 Å². The molecule has 0 radical (unpaired) electrons. The van der Waals surface area contributed by atoms with Gasteiger partial charge in [-0.15, -0.1) is 24.0 Å². The third-order valence-electron chi connectivity index (χ3n) is 4.91. The standard InChI is InChI=1S/C21H31N5O3.HI/c1-13(10-17-14(2)25-26(5)15(17)3)24-21(22-4)23-12-16-8-9-19(28-6)18(11-16)20(27)29-7;/h8-9,11,13H,10,12H2,1-7H3,(H2,22,23,24);1H. The zero-order chi connectivity index (χ0) is 21.6. The lowest BCUT2D eigenvalue weighted by Gasteiger charge is -2.18. The quantitative estimate of drug-likeness (QED) is 0.248. The molecule has 1 unspecified atom stereocenters. The highest BCUT2D eigenvalue weighted by atomic mass is 127. The minimum absolute atomic E-state index is 0. The summed E-state index contributed by atoms with van der Waals surface area (Å²) in [6.07, 6.45) is 0.848. The fraction of sp³-hybridized carbons (Fsp3) is 0.476. The van der Waals surface area contributed by atoms with Gasteiger partial charge in [0.1, 0.15) is 11.3 Å². The zero-order valence-electron chi connectivity index (χ0n) is 18.7. The molecule has 0 fully saturated rings. The molecule has 0 aliphatic heterocycles. The number of aliphatic imine (C=N–C) groups is 1. The molecular weight excluding hydrogens is 497 g/mol. The predicted octanol–water partition coefficient (Wildman–Crippen LogP) is 2.75. The SMILES string of the molecule is CN=C(NCc1ccc(OC)c(C(=O)OC)c1)NC(C)Cc1c(C)nn(C)c1C.I. The number of guanidine groups is 1. The maximum atomic E-state index is 11.9. The molecule has 1 aromatic carbocycles. The molecule has 0 saturated carbocycles. The van der Waals surface area contributed by atoms with E-state index in [1.807, 2.05) is 24.7 Å². The van der Waals surface area contributed by atoms with Crippen LogP contribution in [0, 0.1) is 13.8 Å². The van der Waals surface area contributed by atoms with Crippen molar-refractivity contribution in [2.45, 2.75) is 39.8 Å². The lowest BCUT2D eigenvalue weighted by Crippen LogP contribution is -2.42. The third kappa shape index (κ3) is 6.35. The Morgan fingerprint density at radius 2 is 2.00 bits per heavy atom. The summed E-state index contributed by atoms with van der Waals surface area (Å²) in [5, 5.41) is 11.2. The normalized spacial score (nSPS) is 12.0. The Balaban J connectivity index is 0.00000450. The molecule has 30 heavy (non-hydrogen) atoms. The van der Waals surface area contributed by atoms with E-state index in [9.17, 15) is 4.79 Å². The van der Waals surface area contributed by atoms with Gasteiger partial charge in [0, 0.05) is 32.4 Å². The Morgan fingerprint density at radius 1 is 1.30 bits per heavy atom. The number of methoxy groups -OCH3 is 2. The Morgan fingerprint density at radius 3 is 2.53 bits per heavy atom. The topological polar surface area (TPSA) is 89.8 Å². The highest BCUT2D eigenvalue weighted by Crippen LogP contribution is 2.20.